The molecule has 2 fully saturated rings. The summed E-state index contributed by atoms with van der Waals surface area (Å²) >= 11 is 1.58. The van der Waals surface area contributed by atoms with E-state index < -0.39 is 0 Å². The molecule has 1 aliphatic carbocycles. The molecular weight excluding hydrogens is 318 g/mol. The first kappa shape index (κ1) is 14.8. The Hall–Kier alpha value is -1.53. The number of thioether (sulfide) groups is 1. The van der Waals surface area contributed by atoms with Crippen molar-refractivity contribution in [3.63, 3.8) is 0 Å². The van der Waals surface area contributed by atoms with Gasteiger partial charge in [-0.3, -0.25) is 4.90 Å². The molecule has 2 atom stereocenters. The molecule has 0 amide bonds. The predicted octanol–water partition coefficient (Wildman–Crippen LogP) is 3.13. The summed E-state index contributed by atoms with van der Waals surface area (Å²) in [5.41, 5.74) is 3.86. The normalized spacial score (nSPS) is 25.7. The van der Waals surface area contributed by atoms with E-state index in [1.165, 1.54) is 42.5 Å². The van der Waals surface area contributed by atoms with Crippen LogP contribution in [0.15, 0.2) is 23.7 Å². The maximum Gasteiger partial charge on any atom is 0.187 e. The lowest BCUT2D eigenvalue weighted by molar-refractivity contribution is 0.165. The number of aromatic nitrogens is 4. The molecule has 4 heterocycles. The molecule has 2 aromatic heterocycles. The standard InChI is InChI=1S/C18H21N5S/c1-24-18-20-7-11(8-21-18)10-23-13-4-5-16(23)14-9-19-17(12-2-3-12)22-15(14)6-13/h7-9,12-13,16H,2-6,10H2,1H3. The van der Waals surface area contributed by atoms with E-state index in [2.05, 4.69) is 26.0 Å². The van der Waals surface area contributed by atoms with Gasteiger partial charge in [-0.15, -0.1) is 0 Å². The third kappa shape index (κ3) is 2.52. The molecule has 0 N–H and O–H groups in total. The Morgan fingerprint density at radius 2 is 1.92 bits per heavy atom. The van der Waals surface area contributed by atoms with Crippen molar-refractivity contribution in [2.45, 2.75) is 61.8 Å². The highest BCUT2D eigenvalue weighted by molar-refractivity contribution is 7.98. The first-order valence-corrected chi connectivity index (χ1v) is 10.0. The van der Waals surface area contributed by atoms with Crippen LogP contribution in [-0.2, 0) is 13.0 Å². The summed E-state index contributed by atoms with van der Waals surface area (Å²) in [5, 5.41) is 0.840. The van der Waals surface area contributed by atoms with E-state index in [4.69, 9.17) is 4.98 Å². The van der Waals surface area contributed by atoms with Crippen LogP contribution in [0, 0.1) is 0 Å². The van der Waals surface area contributed by atoms with Gasteiger partial charge < -0.3 is 0 Å². The molecule has 0 aromatic carbocycles. The first-order valence-electron chi connectivity index (χ1n) is 8.78. The van der Waals surface area contributed by atoms with E-state index in [0.717, 1.165) is 23.9 Å². The lowest BCUT2D eigenvalue weighted by Gasteiger charge is -2.35. The summed E-state index contributed by atoms with van der Waals surface area (Å²) in [6, 6.07) is 1.07. The highest BCUT2D eigenvalue weighted by atomic mass is 32.2. The summed E-state index contributed by atoms with van der Waals surface area (Å²) in [6.45, 7) is 0.924. The Labute approximate surface area is 146 Å². The fourth-order valence-corrected chi connectivity index (χ4v) is 4.43. The highest BCUT2D eigenvalue weighted by Gasteiger charge is 2.41. The molecule has 6 heteroatoms. The number of fused-ring (bicyclic) bond motifs is 4. The van der Waals surface area contributed by atoms with Crippen molar-refractivity contribution in [2.75, 3.05) is 6.26 Å². The van der Waals surface area contributed by atoms with Gasteiger partial charge in [-0.25, -0.2) is 19.9 Å². The zero-order chi connectivity index (χ0) is 16.1. The van der Waals surface area contributed by atoms with Crippen molar-refractivity contribution in [1.82, 2.24) is 24.8 Å². The van der Waals surface area contributed by atoms with Crippen LogP contribution in [0.5, 0.6) is 0 Å². The molecule has 1 saturated heterocycles. The zero-order valence-electron chi connectivity index (χ0n) is 13.9. The molecule has 5 rings (SSSR count). The number of hydrogen-bond donors (Lipinski definition) is 0. The van der Waals surface area contributed by atoms with Gasteiger partial charge in [0.05, 0.1) is 5.69 Å². The van der Waals surface area contributed by atoms with Gasteiger partial charge in [0.25, 0.3) is 0 Å². The third-order valence-corrected chi connectivity index (χ3v) is 6.10. The molecule has 5 nitrogen and oxygen atoms in total. The number of hydrogen-bond acceptors (Lipinski definition) is 6. The van der Waals surface area contributed by atoms with E-state index in [9.17, 15) is 0 Å². The molecule has 3 aliphatic rings. The average Bonchev–Trinajstić information content (AvgIpc) is 3.42. The monoisotopic (exact) mass is 339 g/mol. The zero-order valence-corrected chi connectivity index (χ0v) is 14.7. The Balaban J connectivity index is 1.40. The van der Waals surface area contributed by atoms with Gasteiger partial charge in [-0.2, -0.15) is 0 Å². The molecule has 124 valence electrons. The van der Waals surface area contributed by atoms with E-state index in [0.29, 0.717) is 18.0 Å². The van der Waals surface area contributed by atoms with Crippen LogP contribution >= 0.6 is 11.8 Å². The highest BCUT2D eigenvalue weighted by Crippen LogP contribution is 2.45. The molecule has 2 aliphatic heterocycles. The van der Waals surface area contributed by atoms with Crippen molar-refractivity contribution in [2.24, 2.45) is 0 Å². The smallest absolute Gasteiger partial charge is 0.187 e. The summed E-state index contributed by atoms with van der Waals surface area (Å²) in [7, 11) is 0. The van der Waals surface area contributed by atoms with Gasteiger partial charge in [-0.1, -0.05) is 11.8 Å². The van der Waals surface area contributed by atoms with Crippen LogP contribution in [0.2, 0.25) is 0 Å². The molecule has 0 spiro atoms. The van der Waals surface area contributed by atoms with E-state index in [1.54, 1.807) is 11.8 Å². The van der Waals surface area contributed by atoms with Gasteiger partial charge in [0.1, 0.15) is 5.82 Å². The second-order valence-electron chi connectivity index (χ2n) is 7.11. The molecular formula is C18H21N5S. The Morgan fingerprint density at radius 3 is 2.67 bits per heavy atom. The molecule has 24 heavy (non-hydrogen) atoms. The predicted molar refractivity (Wildman–Crippen MR) is 92.8 cm³/mol. The van der Waals surface area contributed by atoms with E-state index >= 15 is 0 Å². The van der Waals surface area contributed by atoms with Gasteiger partial charge in [0.2, 0.25) is 0 Å². The lowest BCUT2D eigenvalue weighted by atomic mass is 9.98. The van der Waals surface area contributed by atoms with Crippen molar-refractivity contribution in [1.29, 1.82) is 0 Å². The van der Waals surface area contributed by atoms with E-state index in [-0.39, 0.29) is 0 Å². The Morgan fingerprint density at radius 1 is 1.08 bits per heavy atom. The van der Waals surface area contributed by atoms with Crippen LogP contribution < -0.4 is 0 Å². The third-order valence-electron chi connectivity index (χ3n) is 5.52. The summed E-state index contributed by atoms with van der Waals surface area (Å²) in [5.74, 6) is 1.72. The number of rotatable bonds is 4. The van der Waals surface area contributed by atoms with Crippen LogP contribution in [0.1, 0.15) is 60.3 Å². The molecule has 2 unspecified atom stereocenters. The number of nitrogens with zero attached hydrogens (tertiary/aromatic N) is 5. The fraction of sp³-hybridized carbons (Fsp3) is 0.556. The van der Waals surface area contributed by atoms with Crippen molar-refractivity contribution >= 4 is 11.8 Å². The fourth-order valence-electron chi connectivity index (χ4n) is 4.12. The van der Waals surface area contributed by atoms with Crippen molar-refractivity contribution in [3.05, 3.63) is 41.2 Å². The lowest BCUT2D eigenvalue weighted by Crippen LogP contribution is -2.37. The minimum Gasteiger partial charge on any atom is -0.289 e. The van der Waals surface area contributed by atoms with Crippen LogP contribution in [-0.4, -0.2) is 37.1 Å². The second kappa shape index (κ2) is 5.77. The largest absolute Gasteiger partial charge is 0.289 e. The van der Waals surface area contributed by atoms with Crippen LogP contribution in [0.25, 0.3) is 0 Å². The Bertz CT molecular complexity index is 759. The van der Waals surface area contributed by atoms with E-state index in [1.807, 2.05) is 18.6 Å². The van der Waals surface area contributed by atoms with Crippen LogP contribution in [0.4, 0.5) is 0 Å². The summed E-state index contributed by atoms with van der Waals surface area (Å²) < 4.78 is 0. The van der Waals surface area contributed by atoms with Gasteiger partial charge in [0, 0.05) is 60.7 Å². The first-order chi connectivity index (χ1) is 11.8. The molecule has 1 saturated carbocycles. The Kier molecular flexibility index (Phi) is 3.56. The maximum atomic E-state index is 4.92. The maximum absolute atomic E-state index is 4.92. The van der Waals surface area contributed by atoms with Crippen LogP contribution in [0.3, 0.4) is 0 Å². The quantitative estimate of drug-likeness (QED) is 0.630. The molecule has 0 radical (unpaired) electrons. The molecule has 2 aromatic rings. The SMILES string of the molecule is CSc1ncc(CN2C3CCC2c2cnc(C4CC4)nc2C3)cn1. The van der Waals surface area contributed by atoms with Crippen molar-refractivity contribution in [3.8, 4) is 0 Å². The van der Waals surface area contributed by atoms with Gasteiger partial charge in [-0.05, 0) is 31.9 Å². The van der Waals surface area contributed by atoms with Gasteiger partial charge in [0.15, 0.2) is 5.16 Å². The minimum atomic E-state index is 0.465. The molecule has 2 bridgehead atoms. The van der Waals surface area contributed by atoms with Gasteiger partial charge >= 0.3 is 0 Å². The minimum absolute atomic E-state index is 0.465. The summed E-state index contributed by atoms with van der Waals surface area (Å²) in [4.78, 5) is 21.0. The average molecular weight is 339 g/mol. The second-order valence-corrected chi connectivity index (χ2v) is 7.88. The topological polar surface area (TPSA) is 54.8 Å². The van der Waals surface area contributed by atoms with Crippen molar-refractivity contribution < 1.29 is 0 Å². The summed E-state index contributed by atoms with van der Waals surface area (Å²) in [6.07, 6.45) is 14.1.